The lowest BCUT2D eigenvalue weighted by Crippen LogP contribution is -2.38. The number of nitrogens with zero attached hydrogens (tertiary/aromatic N) is 7. The minimum absolute atomic E-state index is 0.0238. The van der Waals surface area contributed by atoms with E-state index in [-0.39, 0.29) is 36.5 Å². The molecule has 2 fully saturated rings. The smallest absolute Gasteiger partial charge is 0.405 e. The van der Waals surface area contributed by atoms with Crippen molar-refractivity contribution in [2.24, 2.45) is 11.8 Å². The molecule has 7 rings (SSSR count). The van der Waals surface area contributed by atoms with Gasteiger partial charge in [-0.25, -0.2) is 9.97 Å². The van der Waals surface area contributed by atoms with Gasteiger partial charge in [0.25, 0.3) is 0 Å². The molecule has 0 amide bonds. The Kier molecular flexibility index (Phi) is 19.8. The predicted molar refractivity (Wildman–Crippen MR) is 257 cm³/mol. The molecule has 6 N–H and O–H groups in total. The maximum atomic E-state index is 12.7. The number of aromatic nitrogens is 5. The molecule has 2 aliphatic rings. The molecule has 2 saturated carbocycles. The summed E-state index contributed by atoms with van der Waals surface area (Å²) >= 11 is 0. The molecule has 0 radical (unpaired) electrons. The molecule has 0 atom stereocenters. The first-order valence-electron chi connectivity index (χ1n) is 23.7. The van der Waals surface area contributed by atoms with Crippen LogP contribution in [0, 0.1) is 34.5 Å². The average molecular weight is 988 g/mol. The molecule has 378 valence electrons. The van der Waals surface area contributed by atoms with E-state index >= 15 is 0 Å². The van der Waals surface area contributed by atoms with Crippen molar-refractivity contribution in [2.75, 3.05) is 34.4 Å². The van der Waals surface area contributed by atoms with Crippen molar-refractivity contribution in [2.45, 2.75) is 122 Å². The first-order chi connectivity index (χ1) is 34.1. The number of benzene rings is 2. The zero-order chi connectivity index (χ0) is 50.6. The van der Waals surface area contributed by atoms with Gasteiger partial charge in [-0.3, -0.25) is 4.98 Å². The minimum atomic E-state index is -4.78. The van der Waals surface area contributed by atoms with Gasteiger partial charge in [0.15, 0.2) is 0 Å². The van der Waals surface area contributed by atoms with Crippen LogP contribution in [0.1, 0.15) is 99.5 Å². The monoisotopic (exact) mass is 987 g/mol. The number of nitrogens with one attached hydrogen (secondary N) is 6. The summed E-state index contributed by atoms with van der Waals surface area (Å²) in [6, 6.07) is 21.5. The van der Waals surface area contributed by atoms with Crippen molar-refractivity contribution in [3.8, 4) is 23.6 Å². The van der Waals surface area contributed by atoms with Gasteiger partial charge >= 0.3 is 12.7 Å². The van der Waals surface area contributed by atoms with Gasteiger partial charge < -0.3 is 41.4 Å². The third-order valence-electron chi connectivity index (χ3n) is 12.1. The van der Waals surface area contributed by atoms with Crippen LogP contribution in [0.15, 0.2) is 85.5 Å². The molecular formula is C50H59F6N13O2. The third-order valence-corrected chi connectivity index (χ3v) is 12.1. The van der Waals surface area contributed by atoms with Gasteiger partial charge in [0.1, 0.15) is 46.4 Å². The topological polar surface area (TPSA) is 203 Å². The number of anilines is 4. The standard InChI is InChI=1S/C27H30F3N7O.C23H29F3N6O/c28-27(29,30)38-24-4-2-1-3-21(24)17-35-26-36-18-22(15-31)25(37-26)33-14-11-19-5-7-23(8-6-19)34-16-20-9-12-32-13-10-20;1-15(2)31-19-9-7-16(8-10-19)12-28-21-18(11-27)14-30-22(32-21)29-13-17-5-3-4-6-20(17)33-23(24,25)26/h1-4,9-10,12-13,18-19,23,34H,5-8,11,14,16-17H2,(H2,33,35,36,37);3-6,14-16,19,31H,7-10,12-13H2,1-2H3,(H2,28,29,30,32)/t19-,23-;16-,19-. The van der Waals surface area contributed by atoms with Crippen molar-refractivity contribution < 1.29 is 35.8 Å². The Morgan fingerprint density at radius 1 is 0.620 bits per heavy atom. The molecule has 0 bridgehead atoms. The molecule has 71 heavy (non-hydrogen) atoms. The molecule has 0 aliphatic heterocycles. The number of ether oxygens (including phenoxy) is 2. The molecule has 2 aromatic carbocycles. The fourth-order valence-electron chi connectivity index (χ4n) is 8.52. The Bertz CT molecular complexity index is 2500. The molecule has 0 unspecified atom stereocenters. The first kappa shape index (κ1) is 53.4. The summed E-state index contributed by atoms with van der Waals surface area (Å²) in [4.78, 5) is 21.0. The highest BCUT2D eigenvalue weighted by atomic mass is 19.4. The number of alkyl halides is 6. The van der Waals surface area contributed by atoms with Crippen LogP contribution in [0.2, 0.25) is 0 Å². The van der Waals surface area contributed by atoms with Crippen LogP contribution in [0.4, 0.5) is 49.9 Å². The van der Waals surface area contributed by atoms with Crippen LogP contribution in [-0.4, -0.2) is 68.9 Å². The summed E-state index contributed by atoms with van der Waals surface area (Å²) < 4.78 is 84.1. The molecular weight excluding hydrogens is 929 g/mol. The van der Waals surface area contributed by atoms with Crippen LogP contribution in [0.3, 0.4) is 0 Å². The second-order valence-electron chi connectivity index (χ2n) is 17.7. The number of pyridine rings is 1. The summed E-state index contributed by atoms with van der Waals surface area (Å²) in [5, 5.41) is 38.4. The second-order valence-corrected chi connectivity index (χ2v) is 17.7. The fraction of sp³-hybridized carbons (Fsp3) is 0.460. The molecule has 2 aliphatic carbocycles. The van der Waals surface area contributed by atoms with Gasteiger partial charge in [0, 0.05) is 74.4 Å². The molecule has 3 heterocycles. The lowest BCUT2D eigenvalue weighted by molar-refractivity contribution is -0.275. The Hall–Kier alpha value is -6.97. The largest absolute Gasteiger partial charge is 0.573 e. The van der Waals surface area contributed by atoms with Crippen molar-refractivity contribution in [3.63, 3.8) is 0 Å². The van der Waals surface area contributed by atoms with E-state index in [2.05, 4.69) is 92.3 Å². The minimum Gasteiger partial charge on any atom is -0.405 e. The molecule has 0 saturated heterocycles. The Balaban J connectivity index is 0.000000235. The number of para-hydroxylation sites is 2. The Morgan fingerprint density at radius 3 is 1.62 bits per heavy atom. The van der Waals surface area contributed by atoms with Gasteiger partial charge in [0.2, 0.25) is 11.9 Å². The zero-order valence-corrected chi connectivity index (χ0v) is 39.6. The highest BCUT2D eigenvalue weighted by Crippen LogP contribution is 2.31. The van der Waals surface area contributed by atoms with Gasteiger partial charge in [-0.15, -0.1) is 26.3 Å². The van der Waals surface area contributed by atoms with E-state index in [0.29, 0.717) is 76.9 Å². The van der Waals surface area contributed by atoms with E-state index in [1.54, 1.807) is 12.1 Å². The van der Waals surface area contributed by atoms with Crippen molar-refractivity contribution >= 4 is 23.5 Å². The van der Waals surface area contributed by atoms with Crippen molar-refractivity contribution in [1.29, 1.82) is 10.5 Å². The van der Waals surface area contributed by atoms with Gasteiger partial charge in [-0.2, -0.15) is 20.5 Å². The maximum absolute atomic E-state index is 12.7. The lowest BCUT2D eigenvalue weighted by Gasteiger charge is -2.30. The SMILES string of the molecule is CC(C)N[C@H]1CC[C@H](CNc2nc(NCc3ccccc3OC(F)(F)F)ncc2C#N)CC1.N#Cc1cnc(NCc2ccccc2OC(F)(F)F)nc1NCC[C@H]1CC[C@H](NCc2ccncc2)CC1. The van der Waals surface area contributed by atoms with E-state index in [1.165, 1.54) is 54.4 Å². The molecule has 3 aromatic heterocycles. The quantitative estimate of drug-likeness (QED) is 0.0402. The predicted octanol–water partition coefficient (Wildman–Crippen LogP) is 10.2. The maximum Gasteiger partial charge on any atom is 0.573 e. The zero-order valence-electron chi connectivity index (χ0n) is 39.6. The summed E-state index contributed by atoms with van der Waals surface area (Å²) in [7, 11) is 0. The fourth-order valence-corrected chi connectivity index (χ4v) is 8.52. The third kappa shape index (κ3) is 18.4. The molecule has 15 nitrogen and oxygen atoms in total. The molecule has 5 aromatic rings. The van der Waals surface area contributed by atoms with E-state index < -0.39 is 12.7 Å². The summed E-state index contributed by atoms with van der Waals surface area (Å²) in [5.41, 5.74) is 2.47. The van der Waals surface area contributed by atoms with Gasteiger partial charge in [-0.05, 0) is 99.5 Å². The molecule has 21 heteroatoms. The summed E-state index contributed by atoms with van der Waals surface area (Å²) in [5.74, 6) is 1.73. The highest BCUT2D eigenvalue weighted by molar-refractivity contribution is 5.54. The van der Waals surface area contributed by atoms with Crippen LogP contribution in [0.25, 0.3) is 0 Å². The Morgan fingerprint density at radius 2 is 1.11 bits per heavy atom. The number of nitriles is 2. The van der Waals surface area contributed by atoms with E-state index in [0.717, 1.165) is 64.3 Å². The van der Waals surface area contributed by atoms with E-state index in [9.17, 15) is 36.9 Å². The average Bonchev–Trinajstić information content (AvgIpc) is 3.35. The molecule has 0 spiro atoms. The number of halogens is 6. The first-order valence-corrected chi connectivity index (χ1v) is 23.7. The Labute approximate surface area is 409 Å². The number of hydrogen-bond acceptors (Lipinski definition) is 15. The van der Waals surface area contributed by atoms with Crippen LogP contribution >= 0.6 is 0 Å². The summed E-state index contributed by atoms with van der Waals surface area (Å²) in [6.45, 7) is 6.57. The van der Waals surface area contributed by atoms with Crippen LogP contribution in [-0.2, 0) is 19.6 Å². The number of rotatable bonds is 20. The van der Waals surface area contributed by atoms with Crippen LogP contribution < -0.4 is 41.4 Å². The second kappa shape index (κ2) is 26.3. The van der Waals surface area contributed by atoms with Crippen LogP contribution in [0.5, 0.6) is 11.5 Å². The van der Waals surface area contributed by atoms with Crippen molar-refractivity contribution in [1.82, 2.24) is 35.6 Å². The van der Waals surface area contributed by atoms with Crippen molar-refractivity contribution in [3.05, 3.63) is 113 Å². The lowest BCUT2D eigenvalue weighted by atomic mass is 9.84. The van der Waals surface area contributed by atoms with E-state index in [1.807, 2.05) is 24.5 Å². The van der Waals surface area contributed by atoms with Gasteiger partial charge in [-0.1, -0.05) is 50.2 Å². The van der Waals surface area contributed by atoms with Gasteiger partial charge in [0.05, 0.1) is 12.4 Å². The van der Waals surface area contributed by atoms with E-state index in [4.69, 9.17) is 0 Å². The summed E-state index contributed by atoms with van der Waals surface area (Å²) in [6.07, 6.45) is 6.74. The highest BCUT2D eigenvalue weighted by Gasteiger charge is 2.33. The normalized spacial score (nSPS) is 18.0. The number of hydrogen-bond donors (Lipinski definition) is 6.